The second-order valence-corrected chi connectivity index (χ2v) is 10.7. The van der Waals surface area contributed by atoms with Gasteiger partial charge in [0.2, 0.25) is 20.0 Å². The molecule has 1 atom stereocenters. The smallest absolute Gasteiger partial charge is 0.243 e. The number of nitrogens with two attached hydrogens (primary N) is 1. The quantitative estimate of drug-likeness (QED) is 0.701. The highest BCUT2D eigenvalue weighted by Crippen LogP contribution is 2.32. The van der Waals surface area contributed by atoms with Crippen LogP contribution in [-0.4, -0.2) is 46.5 Å². The van der Waals surface area contributed by atoms with Crippen molar-refractivity contribution in [3.63, 3.8) is 0 Å². The molecule has 0 spiro atoms. The third-order valence-corrected chi connectivity index (χ3v) is 7.78. The van der Waals surface area contributed by atoms with E-state index in [4.69, 9.17) is 5.73 Å². The highest BCUT2D eigenvalue weighted by atomic mass is 32.2. The van der Waals surface area contributed by atoms with Crippen molar-refractivity contribution in [2.45, 2.75) is 38.0 Å². The first-order chi connectivity index (χ1) is 11.6. The number of nitrogens with zero attached hydrogens (tertiary/aromatic N) is 1. The molecule has 1 heterocycles. The van der Waals surface area contributed by atoms with E-state index in [-0.39, 0.29) is 16.1 Å². The van der Waals surface area contributed by atoms with Gasteiger partial charge in [0.1, 0.15) is 0 Å². The van der Waals surface area contributed by atoms with E-state index < -0.39 is 20.0 Å². The number of hydrogen-bond donors (Lipinski definition) is 2. The Labute approximate surface area is 150 Å². The Morgan fingerprint density at radius 2 is 1.84 bits per heavy atom. The first kappa shape index (κ1) is 20.2. The van der Waals surface area contributed by atoms with Gasteiger partial charge in [-0.15, -0.1) is 0 Å². The molecule has 1 unspecified atom stereocenters. The molecule has 142 valence electrons. The number of benzene rings is 1. The standard InChI is InChI=1S/C16H27N3O4S2/c1-3-4-11-24(20,21)18-14-5-7-15(8-6-14)25(22,23)19-10-9-16(2,12-17)13-19/h5-8,18H,3-4,9-13,17H2,1-2H3. The van der Waals surface area contributed by atoms with Gasteiger partial charge in [-0.05, 0) is 49.1 Å². The van der Waals surface area contributed by atoms with Crippen LogP contribution in [0, 0.1) is 5.41 Å². The summed E-state index contributed by atoms with van der Waals surface area (Å²) in [5.41, 5.74) is 5.91. The Morgan fingerprint density at radius 3 is 2.36 bits per heavy atom. The van der Waals surface area contributed by atoms with Crippen LogP contribution < -0.4 is 10.5 Å². The predicted octanol–water partition coefficient (Wildman–Crippen LogP) is 1.59. The molecule has 2 rings (SSSR count). The molecule has 0 radical (unpaired) electrons. The van der Waals surface area contributed by atoms with Crippen molar-refractivity contribution in [3.05, 3.63) is 24.3 Å². The Hall–Kier alpha value is -1.16. The van der Waals surface area contributed by atoms with Gasteiger partial charge in [0, 0.05) is 18.8 Å². The van der Waals surface area contributed by atoms with E-state index >= 15 is 0 Å². The van der Waals surface area contributed by atoms with E-state index in [2.05, 4.69) is 4.72 Å². The van der Waals surface area contributed by atoms with Crippen LogP contribution in [0.5, 0.6) is 0 Å². The Bertz CT molecular complexity index is 791. The zero-order chi connectivity index (χ0) is 18.7. The fourth-order valence-electron chi connectivity index (χ4n) is 2.76. The van der Waals surface area contributed by atoms with Crippen LogP contribution in [0.4, 0.5) is 5.69 Å². The van der Waals surface area contributed by atoms with Crippen LogP contribution in [0.2, 0.25) is 0 Å². The summed E-state index contributed by atoms with van der Waals surface area (Å²) in [6.45, 7) is 5.19. The van der Waals surface area contributed by atoms with E-state index in [9.17, 15) is 16.8 Å². The minimum atomic E-state index is -3.59. The van der Waals surface area contributed by atoms with Gasteiger partial charge in [-0.25, -0.2) is 16.8 Å². The summed E-state index contributed by atoms with van der Waals surface area (Å²) in [6, 6.07) is 5.83. The average molecular weight is 390 g/mol. The van der Waals surface area contributed by atoms with Crippen LogP contribution in [-0.2, 0) is 20.0 Å². The van der Waals surface area contributed by atoms with E-state index in [1.165, 1.54) is 28.6 Å². The van der Waals surface area contributed by atoms with E-state index in [0.29, 0.717) is 31.7 Å². The van der Waals surface area contributed by atoms with Crippen LogP contribution >= 0.6 is 0 Å². The molecular weight excluding hydrogens is 362 g/mol. The van der Waals surface area contributed by atoms with Crippen molar-refractivity contribution in [1.29, 1.82) is 0 Å². The highest BCUT2D eigenvalue weighted by molar-refractivity contribution is 7.92. The normalized spacial score (nSPS) is 22.2. The fourth-order valence-corrected chi connectivity index (χ4v) is 5.62. The molecule has 0 aromatic heterocycles. The number of anilines is 1. The molecule has 1 aliphatic rings. The second-order valence-electron chi connectivity index (χ2n) is 6.90. The van der Waals surface area contributed by atoms with Gasteiger partial charge in [-0.2, -0.15) is 4.31 Å². The lowest BCUT2D eigenvalue weighted by atomic mass is 9.90. The molecule has 0 saturated carbocycles. The van der Waals surface area contributed by atoms with Crippen LogP contribution in [0.25, 0.3) is 0 Å². The number of sulfonamides is 2. The maximum Gasteiger partial charge on any atom is 0.243 e. The van der Waals surface area contributed by atoms with Crippen LogP contribution in [0.3, 0.4) is 0 Å². The number of unbranched alkanes of at least 4 members (excludes halogenated alkanes) is 1. The molecule has 1 saturated heterocycles. The molecule has 1 aliphatic heterocycles. The summed E-state index contributed by atoms with van der Waals surface area (Å²) in [7, 11) is -7.00. The van der Waals surface area contributed by atoms with Crippen LogP contribution in [0.15, 0.2) is 29.2 Å². The molecule has 3 N–H and O–H groups in total. The number of nitrogens with one attached hydrogen (secondary N) is 1. The van der Waals surface area contributed by atoms with Gasteiger partial charge in [0.25, 0.3) is 0 Å². The van der Waals surface area contributed by atoms with Gasteiger partial charge in [-0.3, -0.25) is 4.72 Å². The lowest BCUT2D eigenvalue weighted by Crippen LogP contribution is -2.34. The largest absolute Gasteiger partial charge is 0.330 e. The SMILES string of the molecule is CCCCS(=O)(=O)Nc1ccc(S(=O)(=O)N2CCC(C)(CN)C2)cc1. The fraction of sp³-hybridized carbons (Fsp3) is 0.625. The Morgan fingerprint density at radius 1 is 1.20 bits per heavy atom. The lowest BCUT2D eigenvalue weighted by molar-refractivity contribution is 0.349. The molecule has 1 fully saturated rings. The minimum Gasteiger partial charge on any atom is -0.330 e. The van der Waals surface area contributed by atoms with Crippen molar-refractivity contribution in [1.82, 2.24) is 4.31 Å². The zero-order valence-electron chi connectivity index (χ0n) is 14.7. The first-order valence-electron chi connectivity index (χ1n) is 8.43. The summed E-state index contributed by atoms with van der Waals surface area (Å²) in [4.78, 5) is 0.158. The molecule has 7 nitrogen and oxygen atoms in total. The van der Waals surface area contributed by atoms with Gasteiger partial charge < -0.3 is 5.73 Å². The second kappa shape index (κ2) is 7.61. The van der Waals surface area contributed by atoms with E-state index in [1.54, 1.807) is 0 Å². The Kier molecular flexibility index (Phi) is 6.13. The molecule has 0 bridgehead atoms. The predicted molar refractivity (Wildman–Crippen MR) is 99.3 cm³/mol. The maximum atomic E-state index is 12.7. The molecule has 9 heteroatoms. The lowest BCUT2D eigenvalue weighted by Gasteiger charge is -2.22. The van der Waals surface area contributed by atoms with Crippen LogP contribution in [0.1, 0.15) is 33.1 Å². The average Bonchev–Trinajstić information content (AvgIpc) is 2.97. The summed E-state index contributed by atoms with van der Waals surface area (Å²) in [5, 5.41) is 0. The third-order valence-electron chi connectivity index (χ3n) is 4.55. The van der Waals surface area contributed by atoms with Gasteiger partial charge >= 0.3 is 0 Å². The first-order valence-corrected chi connectivity index (χ1v) is 11.5. The molecule has 1 aromatic carbocycles. The van der Waals surface area contributed by atoms with E-state index in [1.807, 2.05) is 13.8 Å². The molecular formula is C16H27N3O4S2. The summed E-state index contributed by atoms with van der Waals surface area (Å²) < 4.78 is 53.2. The monoisotopic (exact) mass is 389 g/mol. The van der Waals surface area contributed by atoms with Gasteiger partial charge in [0.15, 0.2) is 0 Å². The van der Waals surface area contributed by atoms with Gasteiger partial charge in [-0.1, -0.05) is 20.3 Å². The molecule has 1 aromatic rings. The number of rotatable bonds is 8. The van der Waals surface area contributed by atoms with Crippen molar-refractivity contribution < 1.29 is 16.8 Å². The van der Waals surface area contributed by atoms with Crippen molar-refractivity contribution in [3.8, 4) is 0 Å². The topological polar surface area (TPSA) is 110 Å². The summed E-state index contributed by atoms with van der Waals surface area (Å²) in [6.07, 6.45) is 2.10. The highest BCUT2D eigenvalue weighted by Gasteiger charge is 2.38. The minimum absolute atomic E-state index is 0.0506. The maximum absolute atomic E-state index is 12.7. The molecule has 0 amide bonds. The number of hydrogen-bond acceptors (Lipinski definition) is 5. The van der Waals surface area contributed by atoms with Gasteiger partial charge in [0.05, 0.1) is 10.6 Å². The Balaban J connectivity index is 2.11. The van der Waals surface area contributed by atoms with E-state index in [0.717, 1.165) is 12.8 Å². The van der Waals surface area contributed by atoms with Crippen molar-refractivity contribution in [2.75, 3.05) is 30.1 Å². The molecule has 25 heavy (non-hydrogen) atoms. The molecule has 0 aliphatic carbocycles. The third kappa shape index (κ3) is 4.93. The summed E-state index contributed by atoms with van der Waals surface area (Å²) in [5.74, 6) is 0.0506. The zero-order valence-corrected chi connectivity index (χ0v) is 16.4. The summed E-state index contributed by atoms with van der Waals surface area (Å²) >= 11 is 0. The van der Waals surface area contributed by atoms with Crippen molar-refractivity contribution >= 4 is 25.7 Å². The van der Waals surface area contributed by atoms with Crippen molar-refractivity contribution in [2.24, 2.45) is 11.1 Å².